The Morgan fingerprint density at radius 1 is 0.508 bits per heavy atom. The second-order valence-electron chi connectivity index (χ2n) is 15.7. The van der Waals surface area contributed by atoms with Crippen LogP contribution >= 0.6 is 0 Å². The van der Waals surface area contributed by atoms with Gasteiger partial charge in [0, 0.05) is 19.3 Å². The zero-order valence-corrected chi connectivity index (χ0v) is 38.5. The molecule has 0 fully saturated rings. The van der Waals surface area contributed by atoms with E-state index in [2.05, 4.69) is 98.9 Å². The number of aliphatic carboxylic acids is 1. The number of unbranched alkanes of at least 4 members (excludes halogenated alkanes) is 6. The standard InChI is InChI=1S/C53H81NO7/c1-6-8-10-12-14-16-18-20-22-23-24-25-26-27-28-30-32-34-36-38-40-42-44-52(56)61-49(47-59-46-45-50(53(57)58)54(3,4)5)48-60-51(55)43-41-39-37-35-33-31-29-21-19-17-15-13-11-9-7-2/h8-11,13-17,19-22,24-25,27-29,31-34,49-50H,6-7,12,18,23,26,30,35-48H2,1-5H3/p+1/b10-8+,11-9+,15-13+,16-14+,19-17+,22-20+,25-24+,28-27+,29-21+,33-31+,34-32+. The maximum Gasteiger partial charge on any atom is 0.362 e. The molecule has 340 valence electrons. The lowest BCUT2D eigenvalue weighted by atomic mass is 10.1. The first-order valence-electron chi connectivity index (χ1n) is 22.8. The SMILES string of the molecule is CC/C=C/C=C/C=C/C=C/C=C/CCCCCC(=O)OCC(COCCC(C(=O)O)[N+](C)(C)C)OC(=O)CCCCC/C=C/C/C=C/C/C=C/C/C=C/C/C=C/C/C=C/CC. The number of hydrogen-bond acceptors (Lipinski definition) is 6. The number of ether oxygens (including phenoxy) is 3. The molecule has 0 aliphatic rings. The molecule has 0 aliphatic heterocycles. The Kier molecular flexibility index (Phi) is 39.0. The minimum Gasteiger partial charge on any atom is -0.477 e. The van der Waals surface area contributed by atoms with Gasteiger partial charge < -0.3 is 23.8 Å². The third-order valence-electron chi connectivity index (χ3n) is 9.17. The molecule has 8 nitrogen and oxygen atoms in total. The predicted octanol–water partition coefficient (Wildman–Crippen LogP) is 12.8. The molecule has 0 saturated heterocycles. The summed E-state index contributed by atoms with van der Waals surface area (Å²) >= 11 is 0. The monoisotopic (exact) mass is 845 g/mol. The van der Waals surface area contributed by atoms with Crippen molar-refractivity contribution in [2.24, 2.45) is 0 Å². The van der Waals surface area contributed by atoms with Crippen molar-refractivity contribution in [3.8, 4) is 0 Å². The van der Waals surface area contributed by atoms with Gasteiger partial charge in [0.2, 0.25) is 0 Å². The topological polar surface area (TPSA) is 99.1 Å². The smallest absolute Gasteiger partial charge is 0.362 e. The van der Waals surface area contributed by atoms with Crippen LogP contribution in [0.25, 0.3) is 0 Å². The van der Waals surface area contributed by atoms with E-state index in [1.54, 1.807) is 0 Å². The number of rotatable bonds is 38. The van der Waals surface area contributed by atoms with E-state index in [4.69, 9.17) is 14.2 Å². The van der Waals surface area contributed by atoms with Crippen molar-refractivity contribution in [2.75, 3.05) is 41.0 Å². The first-order chi connectivity index (χ1) is 29.6. The van der Waals surface area contributed by atoms with Gasteiger partial charge in [-0.05, 0) is 83.5 Å². The summed E-state index contributed by atoms with van der Waals surface area (Å²) in [7, 11) is 5.48. The van der Waals surface area contributed by atoms with Gasteiger partial charge in [-0.2, -0.15) is 0 Å². The van der Waals surface area contributed by atoms with Gasteiger partial charge >= 0.3 is 17.9 Å². The van der Waals surface area contributed by atoms with Gasteiger partial charge in [0.05, 0.1) is 34.4 Å². The van der Waals surface area contributed by atoms with Crippen LogP contribution in [-0.2, 0) is 28.6 Å². The van der Waals surface area contributed by atoms with Crippen LogP contribution < -0.4 is 0 Å². The van der Waals surface area contributed by atoms with Gasteiger partial charge in [-0.15, -0.1) is 0 Å². The zero-order valence-electron chi connectivity index (χ0n) is 38.5. The molecule has 0 bridgehead atoms. The van der Waals surface area contributed by atoms with E-state index in [-0.39, 0.29) is 49.1 Å². The lowest BCUT2D eigenvalue weighted by Gasteiger charge is -2.31. The molecule has 0 heterocycles. The van der Waals surface area contributed by atoms with Crippen LogP contribution in [-0.4, -0.2) is 80.6 Å². The van der Waals surface area contributed by atoms with Gasteiger partial charge in [0.25, 0.3) is 0 Å². The van der Waals surface area contributed by atoms with Crippen LogP contribution in [0, 0.1) is 0 Å². The summed E-state index contributed by atoms with van der Waals surface area (Å²) in [6, 6.07) is -0.638. The fourth-order valence-corrected chi connectivity index (χ4v) is 5.70. The average molecular weight is 845 g/mol. The summed E-state index contributed by atoms with van der Waals surface area (Å²) in [5.41, 5.74) is 0. The number of carbonyl (C=O) groups is 3. The van der Waals surface area contributed by atoms with E-state index >= 15 is 0 Å². The maximum atomic E-state index is 12.7. The second kappa shape index (κ2) is 42.2. The van der Waals surface area contributed by atoms with Crippen molar-refractivity contribution < 1.29 is 38.2 Å². The van der Waals surface area contributed by atoms with Crippen LogP contribution in [0.5, 0.6) is 0 Å². The highest BCUT2D eigenvalue weighted by Gasteiger charge is 2.31. The number of quaternary nitrogens is 1. The molecule has 2 unspecified atom stereocenters. The Morgan fingerprint density at radius 2 is 0.951 bits per heavy atom. The second-order valence-corrected chi connectivity index (χ2v) is 15.7. The highest BCUT2D eigenvalue weighted by molar-refractivity contribution is 5.72. The molecule has 0 aromatic heterocycles. The van der Waals surface area contributed by atoms with Crippen LogP contribution in [0.15, 0.2) is 134 Å². The molecule has 0 amide bonds. The number of carboxylic acid groups (broad SMARTS) is 1. The summed E-state index contributed by atoms with van der Waals surface area (Å²) in [5, 5.41) is 9.63. The summed E-state index contributed by atoms with van der Waals surface area (Å²) in [5.74, 6) is -1.59. The largest absolute Gasteiger partial charge is 0.477 e. The lowest BCUT2D eigenvalue weighted by Crippen LogP contribution is -2.50. The molecule has 0 spiro atoms. The lowest BCUT2D eigenvalue weighted by molar-refractivity contribution is -0.887. The molecule has 0 aromatic carbocycles. The number of carboxylic acids is 1. The third-order valence-corrected chi connectivity index (χ3v) is 9.17. The van der Waals surface area contributed by atoms with E-state index in [1.807, 2.05) is 69.8 Å². The number of allylic oxidation sites excluding steroid dienone is 22. The maximum absolute atomic E-state index is 12.7. The fourth-order valence-electron chi connectivity index (χ4n) is 5.70. The minimum absolute atomic E-state index is 0.0226. The number of esters is 2. The third kappa shape index (κ3) is 40.6. The van der Waals surface area contributed by atoms with Crippen molar-refractivity contribution >= 4 is 17.9 Å². The molecule has 0 radical (unpaired) electrons. The molecule has 0 aromatic rings. The van der Waals surface area contributed by atoms with Crippen molar-refractivity contribution in [2.45, 2.75) is 142 Å². The quantitative estimate of drug-likeness (QED) is 0.0217. The number of likely N-dealkylation sites (N-methyl/N-ethyl adjacent to an activating group) is 1. The fraction of sp³-hybridized carbons (Fsp3) is 0.528. The Labute approximate surface area is 371 Å². The Morgan fingerprint density at radius 3 is 1.44 bits per heavy atom. The van der Waals surface area contributed by atoms with Crippen molar-refractivity contribution in [3.05, 3.63) is 134 Å². The van der Waals surface area contributed by atoms with Gasteiger partial charge in [-0.25, -0.2) is 4.79 Å². The molecule has 8 heteroatoms. The van der Waals surface area contributed by atoms with E-state index in [0.29, 0.717) is 19.3 Å². The molecule has 0 rings (SSSR count). The molecule has 2 atom stereocenters. The molecule has 1 N–H and O–H groups in total. The predicted molar refractivity (Wildman–Crippen MR) is 256 cm³/mol. The van der Waals surface area contributed by atoms with Crippen molar-refractivity contribution in [1.82, 2.24) is 0 Å². The Balaban J connectivity index is 4.50. The number of hydrogen-bond donors (Lipinski definition) is 1. The minimum atomic E-state index is -0.894. The molecular formula is C53H82NO7+. The summed E-state index contributed by atoms with van der Waals surface area (Å²) in [4.78, 5) is 37.0. The van der Waals surface area contributed by atoms with E-state index < -0.39 is 18.1 Å². The van der Waals surface area contributed by atoms with E-state index in [9.17, 15) is 19.5 Å². The van der Waals surface area contributed by atoms with Crippen molar-refractivity contribution in [1.29, 1.82) is 0 Å². The van der Waals surface area contributed by atoms with Crippen LogP contribution in [0.4, 0.5) is 0 Å². The van der Waals surface area contributed by atoms with E-state index in [0.717, 1.165) is 83.5 Å². The van der Waals surface area contributed by atoms with Crippen molar-refractivity contribution in [3.63, 3.8) is 0 Å². The zero-order chi connectivity index (χ0) is 44.9. The van der Waals surface area contributed by atoms with E-state index in [1.165, 1.54) is 0 Å². The van der Waals surface area contributed by atoms with Gasteiger partial charge in [-0.1, -0.05) is 160 Å². The number of carbonyl (C=O) groups excluding carboxylic acids is 2. The van der Waals surface area contributed by atoms with Crippen LogP contribution in [0.2, 0.25) is 0 Å². The first-order valence-corrected chi connectivity index (χ1v) is 22.8. The average Bonchev–Trinajstić information content (AvgIpc) is 3.22. The highest BCUT2D eigenvalue weighted by Crippen LogP contribution is 2.11. The molecule has 61 heavy (non-hydrogen) atoms. The summed E-state index contributed by atoms with van der Waals surface area (Å²) < 4.78 is 17.2. The number of nitrogens with zero attached hydrogens (tertiary/aromatic N) is 1. The summed E-state index contributed by atoms with van der Waals surface area (Å²) in [6.07, 6.45) is 60.7. The Hall–Kier alpha value is -4.53. The first kappa shape index (κ1) is 56.5. The van der Waals surface area contributed by atoms with Gasteiger partial charge in [0.15, 0.2) is 12.1 Å². The van der Waals surface area contributed by atoms with Crippen LogP contribution in [0.3, 0.4) is 0 Å². The highest BCUT2D eigenvalue weighted by atomic mass is 16.6. The van der Waals surface area contributed by atoms with Gasteiger partial charge in [0.1, 0.15) is 6.61 Å². The Bertz CT molecular complexity index is 1450. The molecular weight excluding hydrogens is 763 g/mol. The van der Waals surface area contributed by atoms with Gasteiger partial charge in [-0.3, -0.25) is 9.59 Å². The molecule has 0 saturated carbocycles. The summed E-state index contributed by atoms with van der Waals surface area (Å²) in [6.45, 7) is 4.36. The normalized spacial score (nSPS) is 14.2. The molecule has 0 aliphatic carbocycles. The van der Waals surface area contributed by atoms with Crippen LogP contribution in [0.1, 0.15) is 129 Å².